The maximum Gasteiger partial charge on any atom is 0.124 e. The number of fused-ring (bicyclic) bond motifs is 3. The summed E-state index contributed by atoms with van der Waals surface area (Å²) in [5.41, 5.74) is 6.08. The molecule has 0 amide bonds. The average molecular weight is 492 g/mol. The quantitative estimate of drug-likeness (QED) is 0.275. The molecule has 0 aromatic heterocycles. The van der Waals surface area contributed by atoms with Gasteiger partial charge in [-0.2, -0.15) is 0 Å². The van der Waals surface area contributed by atoms with Gasteiger partial charge >= 0.3 is 0 Å². The summed E-state index contributed by atoms with van der Waals surface area (Å²) in [5.74, 6) is 0.293. The summed E-state index contributed by atoms with van der Waals surface area (Å²) >= 11 is 7.27. The van der Waals surface area contributed by atoms with Crippen molar-refractivity contribution in [3.8, 4) is 16.9 Å². The zero-order valence-electron chi connectivity index (χ0n) is 14.9. The first-order valence-corrected chi connectivity index (χ1v) is 10.7. The lowest BCUT2D eigenvalue weighted by Gasteiger charge is -2.34. The lowest BCUT2D eigenvalue weighted by atomic mass is 9.68. The first-order chi connectivity index (χ1) is 13.6. The Balaban J connectivity index is 2.02. The van der Waals surface area contributed by atoms with Crippen LogP contribution in [-0.4, -0.2) is 5.11 Å². The zero-order valence-corrected chi connectivity index (χ0v) is 18.0. The van der Waals surface area contributed by atoms with E-state index >= 15 is 0 Å². The molecule has 28 heavy (non-hydrogen) atoms. The smallest absolute Gasteiger partial charge is 0.124 e. The molecule has 0 heterocycles. The molecule has 1 nitrogen and oxygen atoms in total. The molecule has 0 atom stereocenters. The topological polar surface area (TPSA) is 20.2 Å². The SMILES string of the molecule is Oc1cc(Br)cc2c1-c1ccc(Br)cc1C2(c1ccccc1)c1ccccc1. The van der Waals surface area contributed by atoms with Gasteiger partial charge in [-0.15, -0.1) is 0 Å². The van der Waals surface area contributed by atoms with Crippen LogP contribution in [0.4, 0.5) is 0 Å². The molecule has 0 bridgehead atoms. The maximum atomic E-state index is 10.9. The maximum absolute atomic E-state index is 10.9. The average Bonchev–Trinajstić information content (AvgIpc) is 2.99. The Morgan fingerprint density at radius 1 is 0.607 bits per heavy atom. The number of hydrogen-bond acceptors (Lipinski definition) is 1. The molecular weight excluding hydrogens is 476 g/mol. The molecule has 4 aromatic carbocycles. The molecule has 3 heteroatoms. The molecule has 4 aromatic rings. The fourth-order valence-corrected chi connectivity index (χ4v) is 5.33. The van der Waals surface area contributed by atoms with Gasteiger partial charge in [0.1, 0.15) is 5.75 Å². The molecule has 1 aliphatic rings. The van der Waals surface area contributed by atoms with Crippen molar-refractivity contribution in [2.75, 3.05) is 0 Å². The van der Waals surface area contributed by atoms with Crippen LogP contribution in [0.15, 0.2) is 99.9 Å². The highest BCUT2D eigenvalue weighted by Gasteiger charge is 2.47. The Labute approximate surface area is 180 Å². The van der Waals surface area contributed by atoms with E-state index in [0.29, 0.717) is 5.75 Å². The predicted octanol–water partition coefficient (Wildman–Crippen LogP) is 7.28. The second-order valence-electron chi connectivity index (χ2n) is 7.02. The van der Waals surface area contributed by atoms with Crippen molar-refractivity contribution in [1.82, 2.24) is 0 Å². The minimum Gasteiger partial charge on any atom is -0.507 e. The van der Waals surface area contributed by atoms with Crippen LogP contribution in [0.1, 0.15) is 22.3 Å². The highest BCUT2D eigenvalue weighted by molar-refractivity contribution is 9.10. The summed E-state index contributed by atoms with van der Waals surface area (Å²) in [7, 11) is 0. The third-order valence-electron chi connectivity index (χ3n) is 5.55. The lowest BCUT2D eigenvalue weighted by Crippen LogP contribution is -2.28. The van der Waals surface area contributed by atoms with Crippen LogP contribution in [0.25, 0.3) is 11.1 Å². The van der Waals surface area contributed by atoms with Gasteiger partial charge < -0.3 is 5.11 Å². The van der Waals surface area contributed by atoms with Gasteiger partial charge in [-0.05, 0) is 52.1 Å². The Morgan fingerprint density at radius 3 is 1.79 bits per heavy atom. The molecule has 0 radical (unpaired) electrons. The van der Waals surface area contributed by atoms with Crippen LogP contribution in [0.2, 0.25) is 0 Å². The van der Waals surface area contributed by atoms with Gasteiger partial charge in [-0.3, -0.25) is 0 Å². The Bertz CT molecular complexity index is 1140. The van der Waals surface area contributed by atoms with E-state index in [1.165, 1.54) is 16.7 Å². The normalized spacial score (nSPS) is 13.8. The zero-order chi connectivity index (χ0) is 19.3. The minimum absolute atomic E-state index is 0.293. The van der Waals surface area contributed by atoms with Gasteiger partial charge in [-0.1, -0.05) is 98.6 Å². The number of phenols is 1. The molecule has 0 fully saturated rings. The standard InChI is InChI=1S/C25H16Br2O/c26-18-11-12-20-21(13-18)25(16-7-3-1-4-8-16,17-9-5-2-6-10-17)22-14-19(27)15-23(28)24(20)22/h1-15,28H. The number of halogens is 2. The third-order valence-corrected chi connectivity index (χ3v) is 6.51. The Kier molecular flexibility index (Phi) is 4.18. The second-order valence-corrected chi connectivity index (χ2v) is 8.85. The van der Waals surface area contributed by atoms with E-state index in [0.717, 1.165) is 25.6 Å². The Hall–Kier alpha value is -2.36. The number of aromatic hydroxyl groups is 1. The molecule has 0 aliphatic heterocycles. The fourth-order valence-electron chi connectivity index (χ4n) is 4.53. The van der Waals surface area contributed by atoms with E-state index < -0.39 is 5.41 Å². The van der Waals surface area contributed by atoms with Gasteiger partial charge in [0.05, 0.1) is 5.41 Å². The van der Waals surface area contributed by atoms with Gasteiger partial charge in [-0.25, -0.2) is 0 Å². The van der Waals surface area contributed by atoms with Crippen molar-refractivity contribution in [2.24, 2.45) is 0 Å². The molecule has 1 aliphatic carbocycles. The highest BCUT2D eigenvalue weighted by Crippen LogP contribution is 2.59. The van der Waals surface area contributed by atoms with Crippen molar-refractivity contribution in [1.29, 1.82) is 0 Å². The van der Waals surface area contributed by atoms with Crippen LogP contribution in [0.5, 0.6) is 5.75 Å². The van der Waals surface area contributed by atoms with Crippen LogP contribution in [-0.2, 0) is 5.41 Å². The molecule has 0 unspecified atom stereocenters. The number of rotatable bonds is 2. The van der Waals surface area contributed by atoms with Crippen LogP contribution in [0.3, 0.4) is 0 Å². The van der Waals surface area contributed by atoms with Crippen LogP contribution < -0.4 is 0 Å². The molecule has 5 rings (SSSR count). The minimum atomic E-state index is -0.502. The number of phenolic OH excluding ortho intramolecular Hbond substituents is 1. The third kappa shape index (κ3) is 2.43. The lowest BCUT2D eigenvalue weighted by molar-refractivity contribution is 0.476. The molecule has 136 valence electrons. The van der Waals surface area contributed by atoms with E-state index in [9.17, 15) is 5.11 Å². The van der Waals surface area contributed by atoms with Gasteiger partial charge in [0.25, 0.3) is 0 Å². The van der Waals surface area contributed by atoms with Crippen molar-refractivity contribution in [2.45, 2.75) is 5.41 Å². The first-order valence-electron chi connectivity index (χ1n) is 9.07. The number of hydrogen-bond donors (Lipinski definition) is 1. The van der Waals surface area contributed by atoms with E-state index in [4.69, 9.17) is 0 Å². The van der Waals surface area contributed by atoms with E-state index in [2.05, 4.69) is 98.6 Å². The fraction of sp³-hybridized carbons (Fsp3) is 0.0400. The van der Waals surface area contributed by atoms with Crippen LogP contribution in [0, 0.1) is 0 Å². The predicted molar refractivity (Wildman–Crippen MR) is 121 cm³/mol. The van der Waals surface area contributed by atoms with Gasteiger partial charge in [0, 0.05) is 14.5 Å². The molecule has 0 saturated carbocycles. The molecule has 0 saturated heterocycles. The van der Waals surface area contributed by atoms with Crippen molar-refractivity contribution < 1.29 is 5.11 Å². The second kappa shape index (κ2) is 6.61. The molecule has 0 spiro atoms. The van der Waals surface area contributed by atoms with Crippen molar-refractivity contribution in [3.05, 3.63) is 122 Å². The first kappa shape index (κ1) is 17.7. The summed E-state index contributed by atoms with van der Waals surface area (Å²) in [6.07, 6.45) is 0. The van der Waals surface area contributed by atoms with E-state index in [-0.39, 0.29) is 0 Å². The summed E-state index contributed by atoms with van der Waals surface area (Å²) in [6, 6.07) is 31.3. The van der Waals surface area contributed by atoms with E-state index in [1.807, 2.05) is 18.2 Å². The van der Waals surface area contributed by atoms with Gasteiger partial charge in [0.15, 0.2) is 0 Å². The Morgan fingerprint density at radius 2 is 1.18 bits per heavy atom. The number of benzene rings is 4. The summed E-state index contributed by atoms with van der Waals surface area (Å²) in [4.78, 5) is 0. The van der Waals surface area contributed by atoms with Gasteiger partial charge in [0.2, 0.25) is 0 Å². The highest BCUT2D eigenvalue weighted by atomic mass is 79.9. The monoisotopic (exact) mass is 490 g/mol. The summed E-state index contributed by atoms with van der Waals surface area (Å²) in [5, 5.41) is 10.9. The van der Waals surface area contributed by atoms with Crippen LogP contribution >= 0.6 is 31.9 Å². The van der Waals surface area contributed by atoms with Crippen molar-refractivity contribution >= 4 is 31.9 Å². The molecule has 1 N–H and O–H groups in total. The van der Waals surface area contributed by atoms with Crippen molar-refractivity contribution in [3.63, 3.8) is 0 Å². The largest absolute Gasteiger partial charge is 0.507 e. The van der Waals surface area contributed by atoms with E-state index in [1.54, 1.807) is 6.07 Å². The molecular formula is C25H16Br2O. The summed E-state index contributed by atoms with van der Waals surface area (Å²) < 4.78 is 1.89. The summed E-state index contributed by atoms with van der Waals surface area (Å²) in [6.45, 7) is 0.